The minimum absolute atomic E-state index is 0.0571. The molecule has 7 nitrogen and oxygen atoms in total. The van der Waals surface area contributed by atoms with Crippen LogP contribution >= 0.6 is 11.6 Å². The summed E-state index contributed by atoms with van der Waals surface area (Å²) in [6.45, 7) is 7.12. The predicted octanol–water partition coefficient (Wildman–Crippen LogP) is 4.14. The van der Waals surface area contributed by atoms with Crippen LogP contribution in [-0.2, 0) is 26.2 Å². The molecule has 2 aromatic carbocycles. The zero-order valence-electron chi connectivity index (χ0n) is 20.4. The van der Waals surface area contributed by atoms with Crippen LogP contribution in [-0.4, -0.2) is 50.0 Å². The van der Waals surface area contributed by atoms with Crippen LogP contribution in [0.25, 0.3) is 0 Å². The van der Waals surface area contributed by atoms with Gasteiger partial charge in [-0.2, -0.15) is 0 Å². The average molecular weight is 508 g/mol. The van der Waals surface area contributed by atoms with Crippen LogP contribution in [0.5, 0.6) is 0 Å². The lowest BCUT2D eigenvalue weighted by Gasteiger charge is -2.33. The van der Waals surface area contributed by atoms with Gasteiger partial charge in [-0.1, -0.05) is 61.8 Å². The molecule has 186 valence electrons. The van der Waals surface area contributed by atoms with E-state index in [0.717, 1.165) is 22.5 Å². The van der Waals surface area contributed by atoms with Crippen LogP contribution in [0.4, 0.5) is 5.69 Å². The molecule has 9 heteroatoms. The second-order valence-corrected chi connectivity index (χ2v) is 10.7. The fourth-order valence-electron chi connectivity index (χ4n) is 3.61. The molecule has 1 N–H and O–H groups in total. The summed E-state index contributed by atoms with van der Waals surface area (Å²) in [5, 5.41) is 3.41. The molecule has 0 saturated heterocycles. The summed E-state index contributed by atoms with van der Waals surface area (Å²) >= 11 is 6.36. The van der Waals surface area contributed by atoms with E-state index in [4.69, 9.17) is 11.6 Å². The summed E-state index contributed by atoms with van der Waals surface area (Å²) in [5.41, 5.74) is 1.82. The van der Waals surface area contributed by atoms with E-state index >= 15 is 0 Å². The molecule has 0 aliphatic rings. The molecule has 2 amide bonds. The van der Waals surface area contributed by atoms with Gasteiger partial charge < -0.3 is 10.2 Å². The maximum absolute atomic E-state index is 13.7. The molecular formula is C25H34ClN3O4S. The van der Waals surface area contributed by atoms with Crippen LogP contribution < -0.4 is 9.62 Å². The third kappa shape index (κ3) is 7.21. The van der Waals surface area contributed by atoms with Gasteiger partial charge in [0.1, 0.15) is 12.6 Å². The van der Waals surface area contributed by atoms with E-state index in [-0.39, 0.29) is 18.5 Å². The number of amides is 2. The normalized spacial score (nSPS) is 13.1. The number of aryl methyl sites for hydroxylation is 1. The number of benzene rings is 2. The molecule has 2 rings (SSSR count). The lowest BCUT2D eigenvalue weighted by molar-refractivity contribution is -0.140. The van der Waals surface area contributed by atoms with Gasteiger partial charge in [0.05, 0.1) is 11.9 Å². The quantitative estimate of drug-likeness (QED) is 0.495. The summed E-state index contributed by atoms with van der Waals surface area (Å²) in [7, 11) is -3.77. The molecule has 34 heavy (non-hydrogen) atoms. The van der Waals surface area contributed by atoms with Gasteiger partial charge in [-0.3, -0.25) is 13.9 Å². The van der Waals surface area contributed by atoms with Crippen molar-refractivity contribution >= 4 is 39.1 Å². The van der Waals surface area contributed by atoms with Gasteiger partial charge in [0, 0.05) is 17.6 Å². The van der Waals surface area contributed by atoms with Gasteiger partial charge in [0.25, 0.3) is 0 Å². The molecule has 2 atom stereocenters. The summed E-state index contributed by atoms with van der Waals surface area (Å²) in [4.78, 5) is 28.2. The van der Waals surface area contributed by atoms with Crippen LogP contribution in [0, 0.1) is 6.92 Å². The Morgan fingerprint density at radius 2 is 1.65 bits per heavy atom. The Labute approximate surface area is 208 Å². The number of nitrogens with zero attached hydrogens (tertiary/aromatic N) is 2. The highest BCUT2D eigenvalue weighted by molar-refractivity contribution is 7.92. The zero-order valence-corrected chi connectivity index (χ0v) is 22.0. The van der Waals surface area contributed by atoms with Crippen LogP contribution in [0.3, 0.4) is 0 Å². The van der Waals surface area contributed by atoms with Crippen molar-refractivity contribution in [1.29, 1.82) is 0 Å². The van der Waals surface area contributed by atoms with Gasteiger partial charge in [0.15, 0.2) is 0 Å². The summed E-state index contributed by atoms with van der Waals surface area (Å²) in [6.07, 6.45) is 2.18. The second-order valence-electron chi connectivity index (χ2n) is 8.41. The lowest BCUT2D eigenvalue weighted by atomic mass is 10.1. The summed E-state index contributed by atoms with van der Waals surface area (Å²) in [6, 6.07) is 13.2. The van der Waals surface area contributed by atoms with Gasteiger partial charge in [-0.05, 0) is 49.9 Å². The number of hydrogen-bond acceptors (Lipinski definition) is 4. The molecule has 0 aliphatic carbocycles. The average Bonchev–Trinajstić information content (AvgIpc) is 2.78. The van der Waals surface area contributed by atoms with E-state index in [1.807, 2.05) is 20.8 Å². The van der Waals surface area contributed by atoms with Gasteiger partial charge in [-0.15, -0.1) is 0 Å². The van der Waals surface area contributed by atoms with Crippen LogP contribution in [0.15, 0.2) is 48.5 Å². The Balaban J connectivity index is 2.47. The predicted molar refractivity (Wildman–Crippen MR) is 137 cm³/mol. The Bertz CT molecular complexity index is 1110. The molecule has 0 saturated carbocycles. The number of carbonyl (C=O) groups excluding carboxylic acids is 2. The molecule has 0 heterocycles. The number of nitrogens with one attached hydrogen (secondary N) is 1. The Morgan fingerprint density at radius 1 is 1.03 bits per heavy atom. The Kier molecular flexibility index (Phi) is 9.94. The second kappa shape index (κ2) is 12.2. The number of sulfonamides is 1. The van der Waals surface area contributed by atoms with Crippen molar-refractivity contribution in [2.45, 2.75) is 59.2 Å². The van der Waals surface area contributed by atoms with E-state index in [2.05, 4.69) is 5.32 Å². The maximum atomic E-state index is 13.7. The molecule has 2 aromatic rings. The Morgan fingerprint density at radius 3 is 2.21 bits per heavy atom. The molecule has 0 fully saturated rings. The lowest BCUT2D eigenvalue weighted by Crippen LogP contribution is -2.53. The number of carbonyl (C=O) groups is 2. The van der Waals surface area contributed by atoms with E-state index in [1.54, 1.807) is 55.5 Å². The molecule has 0 aromatic heterocycles. The van der Waals surface area contributed by atoms with Crippen molar-refractivity contribution in [1.82, 2.24) is 10.2 Å². The number of anilines is 1. The first-order chi connectivity index (χ1) is 16.0. The zero-order chi connectivity index (χ0) is 25.5. The largest absolute Gasteiger partial charge is 0.352 e. The SMILES string of the molecule is CC[C@H](C)NC(=O)[C@H](CC)N(Cc1ccccc1Cl)C(=O)CN(c1ccccc1C)S(C)(=O)=O. The number of rotatable bonds is 11. The van der Waals surface area contributed by atoms with E-state index < -0.39 is 28.5 Å². The van der Waals surface area contributed by atoms with Crippen molar-refractivity contribution in [3.05, 3.63) is 64.7 Å². The fraction of sp³-hybridized carbons (Fsp3) is 0.440. The minimum atomic E-state index is -3.77. The van der Waals surface area contributed by atoms with E-state index in [9.17, 15) is 18.0 Å². The molecule has 0 radical (unpaired) electrons. The highest BCUT2D eigenvalue weighted by Crippen LogP contribution is 2.24. The van der Waals surface area contributed by atoms with Crippen molar-refractivity contribution in [3.8, 4) is 0 Å². The summed E-state index contributed by atoms with van der Waals surface area (Å²) in [5.74, 6) is -0.765. The topological polar surface area (TPSA) is 86.8 Å². The monoisotopic (exact) mass is 507 g/mol. The minimum Gasteiger partial charge on any atom is -0.352 e. The number of para-hydroxylation sites is 1. The maximum Gasteiger partial charge on any atom is 0.244 e. The number of hydrogen-bond donors (Lipinski definition) is 1. The Hall–Kier alpha value is -2.58. The first kappa shape index (κ1) is 27.7. The molecule has 0 unspecified atom stereocenters. The molecule has 0 spiro atoms. The van der Waals surface area contributed by atoms with Gasteiger partial charge >= 0.3 is 0 Å². The van der Waals surface area contributed by atoms with Crippen molar-refractivity contribution in [2.75, 3.05) is 17.1 Å². The van der Waals surface area contributed by atoms with Crippen molar-refractivity contribution in [3.63, 3.8) is 0 Å². The third-order valence-electron chi connectivity index (χ3n) is 5.75. The van der Waals surface area contributed by atoms with Crippen LogP contribution in [0.2, 0.25) is 5.02 Å². The smallest absolute Gasteiger partial charge is 0.244 e. The first-order valence-corrected chi connectivity index (χ1v) is 13.6. The highest BCUT2D eigenvalue weighted by Gasteiger charge is 2.32. The van der Waals surface area contributed by atoms with Gasteiger partial charge in [-0.25, -0.2) is 8.42 Å². The first-order valence-electron chi connectivity index (χ1n) is 11.4. The molecule has 0 bridgehead atoms. The third-order valence-corrected chi connectivity index (χ3v) is 7.24. The number of halogens is 1. The molecule has 0 aliphatic heterocycles. The fourth-order valence-corrected chi connectivity index (χ4v) is 4.71. The summed E-state index contributed by atoms with van der Waals surface area (Å²) < 4.78 is 26.4. The van der Waals surface area contributed by atoms with Crippen molar-refractivity contribution in [2.24, 2.45) is 0 Å². The van der Waals surface area contributed by atoms with E-state index in [1.165, 1.54) is 4.90 Å². The van der Waals surface area contributed by atoms with E-state index in [0.29, 0.717) is 22.7 Å². The highest BCUT2D eigenvalue weighted by atomic mass is 35.5. The van der Waals surface area contributed by atoms with Gasteiger partial charge in [0.2, 0.25) is 21.8 Å². The molecular weight excluding hydrogens is 474 g/mol. The van der Waals surface area contributed by atoms with Crippen LogP contribution in [0.1, 0.15) is 44.7 Å². The van der Waals surface area contributed by atoms with Crippen molar-refractivity contribution < 1.29 is 18.0 Å². The standard InChI is InChI=1S/C25H34ClN3O4S/c1-6-19(4)27-25(31)22(7-2)28(16-20-13-9-10-14-21(20)26)24(30)17-29(34(5,32)33)23-15-11-8-12-18(23)3/h8-15,19,22H,6-7,16-17H2,1-5H3,(H,27,31)/t19-,22-/m0/s1.